The molecule has 0 radical (unpaired) electrons. The van der Waals surface area contributed by atoms with Gasteiger partial charge in [0.05, 0.1) is 37.5 Å². The monoisotopic (exact) mass is 631 g/mol. The maximum Gasteiger partial charge on any atom is 0.198 e. The minimum atomic E-state index is -0.121. The Morgan fingerprint density at radius 3 is 2.04 bits per heavy atom. The molecule has 7 nitrogen and oxygen atoms in total. The van der Waals surface area contributed by atoms with E-state index < -0.39 is 0 Å². The Balaban J connectivity index is 1.50. The van der Waals surface area contributed by atoms with E-state index >= 15 is 0 Å². The number of aromatic hydroxyl groups is 1. The van der Waals surface area contributed by atoms with Gasteiger partial charge in [0, 0.05) is 40.4 Å². The second-order valence-corrected chi connectivity index (χ2v) is 11.9. The fourth-order valence-electron chi connectivity index (χ4n) is 6.37. The van der Waals surface area contributed by atoms with E-state index in [-0.39, 0.29) is 11.5 Å². The van der Waals surface area contributed by atoms with Crippen molar-refractivity contribution in [3.05, 3.63) is 90.1 Å². The lowest BCUT2D eigenvalue weighted by molar-refractivity contribution is 0.103. The van der Waals surface area contributed by atoms with Gasteiger partial charge in [0.1, 0.15) is 23.0 Å². The molecule has 5 aromatic rings. The topological polar surface area (TPSA) is 87.1 Å². The van der Waals surface area contributed by atoms with Gasteiger partial charge >= 0.3 is 0 Å². The summed E-state index contributed by atoms with van der Waals surface area (Å²) >= 11 is 0. The van der Waals surface area contributed by atoms with Crippen molar-refractivity contribution in [1.82, 2.24) is 4.98 Å². The Hall–Kier alpha value is -5.04. The van der Waals surface area contributed by atoms with Crippen LogP contribution in [0, 0.1) is 0 Å². The van der Waals surface area contributed by atoms with Crippen molar-refractivity contribution in [3.63, 3.8) is 0 Å². The molecule has 1 N–H and O–H groups in total. The lowest BCUT2D eigenvalue weighted by atomic mass is 9.82. The molecule has 0 aliphatic heterocycles. The number of carbonyl (C=O) groups excluding carboxylic acids is 1. The lowest BCUT2D eigenvalue weighted by Crippen LogP contribution is -2.14. The number of phenolic OH excluding ortho intramolecular Hbond substituents is 1. The summed E-state index contributed by atoms with van der Waals surface area (Å²) in [5, 5.41) is 12.5. The number of ether oxygens (including phenoxy) is 4. The molecule has 0 bridgehead atoms. The second kappa shape index (κ2) is 14.6. The van der Waals surface area contributed by atoms with Crippen molar-refractivity contribution in [2.75, 3.05) is 20.8 Å². The van der Waals surface area contributed by atoms with Gasteiger partial charge < -0.3 is 24.1 Å². The molecule has 0 unspecified atom stereocenters. The maximum absolute atomic E-state index is 14.3. The number of hydrogen-bond donors (Lipinski definition) is 1. The van der Waals surface area contributed by atoms with Crippen LogP contribution in [0.1, 0.15) is 74.2 Å². The molecular weight excluding hydrogens is 590 g/mol. The third-order valence-electron chi connectivity index (χ3n) is 8.76. The first-order valence-corrected chi connectivity index (χ1v) is 16.5. The lowest BCUT2D eigenvalue weighted by Gasteiger charge is -2.25. The smallest absolute Gasteiger partial charge is 0.198 e. The van der Waals surface area contributed by atoms with Gasteiger partial charge in [-0.3, -0.25) is 9.78 Å². The predicted molar refractivity (Wildman–Crippen MR) is 185 cm³/mol. The van der Waals surface area contributed by atoms with E-state index in [1.54, 1.807) is 25.4 Å². The minimum Gasteiger partial charge on any atom is -0.507 e. The Kier molecular flexibility index (Phi) is 9.91. The molecule has 1 aliphatic rings. The molecule has 0 saturated carbocycles. The molecule has 1 aromatic heterocycles. The van der Waals surface area contributed by atoms with Crippen molar-refractivity contribution in [2.24, 2.45) is 0 Å². The van der Waals surface area contributed by atoms with Gasteiger partial charge in [-0.15, -0.1) is 0 Å². The molecule has 0 spiro atoms. The first-order chi connectivity index (χ1) is 23.0. The van der Waals surface area contributed by atoms with Crippen molar-refractivity contribution >= 4 is 16.6 Å². The summed E-state index contributed by atoms with van der Waals surface area (Å²) in [6.07, 6.45) is 11.2. The summed E-state index contributed by atoms with van der Waals surface area (Å²) in [6.45, 7) is 2.72. The standard InChI is InChI=1S/C40H41NO6/c1-4-5-6-7-8-9-10-16-21-46-34-24-35(47-26-17-12-11-13-18-26)37-36-30(27-19-14-15-20-28(27)40(43)38(34)36)25-41-39(37)29-22-32(44-2)33(45-3)23-31(29)42/h11-15,17-20,22-25,42H,4-10,16,21H2,1-3H3. The highest BCUT2D eigenvalue weighted by molar-refractivity contribution is 6.29. The first kappa shape index (κ1) is 31.9. The number of para-hydroxylation sites is 1. The van der Waals surface area contributed by atoms with Gasteiger partial charge in [0.25, 0.3) is 0 Å². The number of ketones is 1. The Morgan fingerprint density at radius 1 is 0.660 bits per heavy atom. The molecule has 4 aromatic carbocycles. The van der Waals surface area contributed by atoms with E-state index in [4.69, 9.17) is 23.9 Å². The number of nitrogens with zero attached hydrogens (tertiary/aromatic N) is 1. The van der Waals surface area contributed by atoms with E-state index in [0.717, 1.165) is 24.0 Å². The van der Waals surface area contributed by atoms with Crippen LogP contribution in [0.3, 0.4) is 0 Å². The highest BCUT2D eigenvalue weighted by Gasteiger charge is 2.33. The average molecular weight is 632 g/mol. The zero-order chi connectivity index (χ0) is 32.8. The molecule has 0 amide bonds. The number of phenols is 1. The Labute approximate surface area is 276 Å². The second-order valence-electron chi connectivity index (χ2n) is 11.9. The molecule has 1 aliphatic carbocycles. The molecule has 6 rings (SSSR count). The number of benzene rings is 4. The van der Waals surface area contributed by atoms with Crippen LogP contribution in [0.4, 0.5) is 0 Å². The minimum absolute atomic E-state index is 0.0461. The van der Waals surface area contributed by atoms with Crippen molar-refractivity contribution < 1.29 is 28.8 Å². The molecule has 47 heavy (non-hydrogen) atoms. The fourth-order valence-corrected chi connectivity index (χ4v) is 6.37. The van der Waals surface area contributed by atoms with Crippen LogP contribution in [0.5, 0.6) is 34.5 Å². The molecule has 1 heterocycles. The van der Waals surface area contributed by atoms with Crippen LogP contribution in [-0.2, 0) is 0 Å². The number of pyridine rings is 1. The molecule has 0 atom stereocenters. The van der Waals surface area contributed by atoms with Crippen LogP contribution in [0.15, 0.2) is 79.0 Å². The van der Waals surface area contributed by atoms with E-state index in [1.807, 2.05) is 54.6 Å². The Bertz CT molecular complexity index is 1880. The summed E-state index contributed by atoms with van der Waals surface area (Å²) < 4.78 is 24.0. The number of aromatic nitrogens is 1. The van der Waals surface area contributed by atoms with E-state index in [0.29, 0.717) is 68.5 Å². The van der Waals surface area contributed by atoms with Crippen LogP contribution in [0.25, 0.3) is 33.2 Å². The van der Waals surface area contributed by atoms with Gasteiger partial charge in [-0.2, -0.15) is 0 Å². The molecule has 0 fully saturated rings. The fraction of sp³-hybridized carbons (Fsp3) is 0.300. The summed E-state index contributed by atoms with van der Waals surface area (Å²) in [7, 11) is 3.06. The number of methoxy groups -OCH3 is 2. The molecule has 242 valence electrons. The quantitative estimate of drug-likeness (QED) is 0.113. The van der Waals surface area contributed by atoms with Gasteiger partial charge in [0.2, 0.25) is 0 Å². The van der Waals surface area contributed by atoms with Crippen molar-refractivity contribution in [1.29, 1.82) is 0 Å². The number of rotatable bonds is 15. The number of fused-ring (bicyclic) bond motifs is 2. The molecule has 0 saturated heterocycles. The van der Waals surface area contributed by atoms with Crippen molar-refractivity contribution in [3.8, 4) is 56.9 Å². The van der Waals surface area contributed by atoms with Gasteiger partial charge in [0.15, 0.2) is 17.3 Å². The third-order valence-corrected chi connectivity index (χ3v) is 8.76. The van der Waals surface area contributed by atoms with E-state index in [2.05, 4.69) is 6.92 Å². The SMILES string of the molecule is CCCCCCCCCCOc1cc(Oc2ccccc2)c2c(-c3cc(OC)c(OC)cc3O)ncc3c2c1C(=O)c1ccccc1-3. The summed E-state index contributed by atoms with van der Waals surface area (Å²) in [5.41, 5.74) is 3.50. The normalized spacial score (nSPS) is 11.8. The largest absolute Gasteiger partial charge is 0.507 e. The van der Waals surface area contributed by atoms with Crippen LogP contribution >= 0.6 is 0 Å². The number of hydrogen-bond acceptors (Lipinski definition) is 7. The molecular formula is C40H41NO6. The van der Waals surface area contributed by atoms with E-state index in [9.17, 15) is 9.90 Å². The number of carbonyl (C=O) groups is 1. The summed E-state index contributed by atoms with van der Waals surface area (Å²) in [5.74, 6) is 2.21. The van der Waals surface area contributed by atoms with E-state index in [1.165, 1.54) is 51.7 Å². The summed E-state index contributed by atoms with van der Waals surface area (Å²) in [4.78, 5) is 19.2. The van der Waals surface area contributed by atoms with Crippen molar-refractivity contribution in [2.45, 2.75) is 58.3 Å². The predicted octanol–water partition coefficient (Wildman–Crippen LogP) is 10.1. The zero-order valence-electron chi connectivity index (χ0n) is 27.3. The van der Waals surface area contributed by atoms with Gasteiger partial charge in [-0.25, -0.2) is 0 Å². The van der Waals surface area contributed by atoms with Crippen LogP contribution < -0.4 is 18.9 Å². The van der Waals surface area contributed by atoms with Gasteiger partial charge in [-0.1, -0.05) is 94.3 Å². The average Bonchev–Trinajstić information content (AvgIpc) is 3.10. The highest BCUT2D eigenvalue weighted by Crippen LogP contribution is 2.51. The van der Waals surface area contributed by atoms with Crippen LogP contribution in [0.2, 0.25) is 0 Å². The number of unbranched alkanes of at least 4 members (excludes halogenated alkanes) is 7. The highest BCUT2D eigenvalue weighted by atomic mass is 16.5. The third kappa shape index (κ3) is 6.48. The summed E-state index contributed by atoms with van der Waals surface area (Å²) in [6, 6.07) is 22.0. The van der Waals surface area contributed by atoms with Gasteiger partial charge in [-0.05, 0) is 30.2 Å². The first-order valence-electron chi connectivity index (χ1n) is 16.5. The maximum atomic E-state index is 14.3. The Morgan fingerprint density at radius 2 is 1.32 bits per heavy atom. The van der Waals surface area contributed by atoms with Crippen LogP contribution in [-0.4, -0.2) is 36.7 Å². The molecule has 7 heteroatoms. The zero-order valence-corrected chi connectivity index (χ0v) is 27.3.